The number of fused-ring (bicyclic) bond motifs is 1. The van der Waals surface area contributed by atoms with Crippen LogP contribution in [0.5, 0.6) is 5.75 Å². The van der Waals surface area contributed by atoms with E-state index in [0.29, 0.717) is 22.6 Å². The first-order valence-corrected chi connectivity index (χ1v) is 8.84. The van der Waals surface area contributed by atoms with Gasteiger partial charge in [-0.25, -0.2) is 0 Å². The van der Waals surface area contributed by atoms with Crippen LogP contribution in [0, 0.1) is 34.5 Å². The van der Waals surface area contributed by atoms with Crippen molar-refractivity contribution in [1.82, 2.24) is 0 Å². The molecule has 2 amide bonds. The molecule has 2 aromatic rings. The number of para-hydroxylation sites is 2. The molecule has 2 aliphatic rings. The topological polar surface area (TPSA) is 94.2 Å². The minimum atomic E-state index is -0.687. The van der Waals surface area contributed by atoms with E-state index in [4.69, 9.17) is 4.74 Å². The smallest absolute Gasteiger partial charge is 0.238 e. The molecule has 1 saturated heterocycles. The second-order valence-electron chi connectivity index (χ2n) is 6.64. The van der Waals surface area contributed by atoms with Gasteiger partial charge in [0.1, 0.15) is 23.5 Å². The number of carbonyl (C=O) groups is 2. The number of nitrogens with zero attached hydrogens (tertiary/aromatic N) is 3. The molecule has 28 heavy (non-hydrogen) atoms. The second-order valence-corrected chi connectivity index (χ2v) is 6.64. The zero-order valence-electron chi connectivity index (χ0n) is 14.8. The number of rotatable bonds is 2. The van der Waals surface area contributed by atoms with Crippen LogP contribution in [0.1, 0.15) is 12.0 Å². The summed E-state index contributed by atoms with van der Waals surface area (Å²) < 4.78 is 5.81. The highest BCUT2D eigenvalue weighted by Crippen LogP contribution is 2.44. The molecular weight excluding hydrogens is 354 g/mol. The fraction of sp³-hybridized carbons (Fsp3) is 0.182. The summed E-state index contributed by atoms with van der Waals surface area (Å²) in [5.41, 5.74) is 1.56. The van der Waals surface area contributed by atoms with Gasteiger partial charge in [0.25, 0.3) is 0 Å². The van der Waals surface area contributed by atoms with Gasteiger partial charge in [0.15, 0.2) is 0 Å². The van der Waals surface area contributed by atoms with Gasteiger partial charge in [-0.15, -0.1) is 0 Å². The van der Waals surface area contributed by atoms with E-state index in [9.17, 15) is 20.1 Å². The van der Waals surface area contributed by atoms with Crippen LogP contribution in [0.15, 0.2) is 60.2 Å². The summed E-state index contributed by atoms with van der Waals surface area (Å²) in [7, 11) is 0. The van der Waals surface area contributed by atoms with Crippen LogP contribution >= 0.6 is 0 Å². The van der Waals surface area contributed by atoms with Gasteiger partial charge in [-0.2, -0.15) is 10.5 Å². The first-order valence-electron chi connectivity index (χ1n) is 8.84. The predicted molar refractivity (Wildman–Crippen MR) is 101 cm³/mol. The van der Waals surface area contributed by atoms with Crippen LogP contribution < -0.4 is 9.64 Å². The number of hydrogen-bond acceptors (Lipinski definition) is 5. The summed E-state index contributed by atoms with van der Waals surface area (Å²) in [6, 6.07) is 19.7. The molecular formula is C22H15N3O3. The number of anilines is 1. The minimum Gasteiger partial charge on any atom is -0.492 e. The molecule has 0 bridgehead atoms. The molecule has 0 saturated carbocycles. The molecule has 1 fully saturated rings. The van der Waals surface area contributed by atoms with E-state index in [1.54, 1.807) is 48.5 Å². The minimum absolute atomic E-state index is 0.0115. The molecule has 0 radical (unpaired) electrons. The molecule has 4 rings (SSSR count). The monoisotopic (exact) mass is 369 g/mol. The van der Waals surface area contributed by atoms with Gasteiger partial charge >= 0.3 is 0 Å². The van der Waals surface area contributed by atoms with E-state index < -0.39 is 11.8 Å². The van der Waals surface area contributed by atoms with Crippen molar-refractivity contribution in [2.75, 3.05) is 11.5 Å². The average Bonchev–Trinajstić information content (AvgIpc) is 3.03. The normalized spacial score (nSPS) is 20.8. The van der Waals surface area contributed by atoms with Crippen molar-refractivity contribution in [2.45, 2.75) is 6.42 Å². The van der Waals surface area contributed by atoms with Crippen molar-refractivity contribution < 1.29 is 14.3 Å². The lowest BCUT2D eigenvalue weighted by Gasteiger charge is -2.31. The number of amides is 2. The molecule has 136 valence electrons. The maximum Gasteiger partial charge on any atom is 0.238 e. The Morgan fingerprint density at radius 1 is 0.964 bits per heavy atom. The van der Waals surface area contributed by atoms with Crippen LogP contribution in [0.4, 0.5) is 5.69 Å². The molecule has 6 nitrogen and oxygen atoms in total. The summed E-state index contributed by atoms with van der Waals surface area (Å²) in [5, 5.41) is 19.0. The Morgan fingerprint density at radius 2 is 1.64 bits per heavy atom. The number of carbonyl (C=O) groups excluding carboxylic acids is 2. The molecule has 2 aromatic carbocycles. The number of ether oxygens (including phenoxy) is 1. The van der Waals surface area contributed by atoms with Gasteiger partial charge in [-0.05, 0) is 23.8 Å². The molecule has 2 atom stereocenters. The summed E-state index contributed by atoms with van der Waals surface area (Å²) >= 11 is 0. The van der Waals surface area contributed by atoms with Gasteiger partial charge < -0.3 is 4.74 Å². The Hall–Kier alpha value is -3.90. The Kier molecular flexibility index (Phi) is 4.39. The highest BCUT2D eigenvalue weighted by molar-refractivity contribution is 6.21. The summed E-state index contributed by atoms with van der Waals surface area (Å²) in [6.07, 6.45) is 0.0115. The van der Waals surface area contributed by atoms with E-state index in [2.05, 4.69) is 0 Å². The van der Waals surface area contributed by atoms with Crippen molar-refractivity contribution in [2.24, 2.45) is 11.8 Å². The lowest BCUT2D eigenvalue weighted by Crippen LogP contribution is -2.35. The van der Waals surface area contributed by atoms with E-state index in [0.717, 1.165) is 0 Å². The lowest BCUT2D eigenvalue weighted by atomic mass is 9.78. The van der Waals surface area contributed by atoms with Crippen molar-refractivity contribution in [3.63, 3.8) is 0 Å². The van der Waals surface area contributed by atoms with Crippen LogP contribution in [0.3, 0.4) is 0 Å². The first kappa shape index (κ1) is 17.5. The first-order chi connectivity index (χ1) is 13.7. The number of imide groups is 1. The third kappa shape index (κ3) is 2.72. The van der Waals surface area contributed by atoms with Crippen molar-refractivity contribution >= 4 is 23.1 Å². The number of benzene rings is 2. The van der Waals surface area contributed by atoms with Crippen LogP contribution in [-0.2, 0) is 9.59 Å². The van der Waals surface area contributed by atoms with E-state index >= 15 is 0 Å². The Balaban J connectivity index is 1.78. The lowest BCUT2D eigenvalue weighted by molar-refractivity contribution is -0.122. The maximum absolute atomic E-state index is 13.1. The fourth-order valence-corrected chi connectivity index (χ4v) is 3.88. The summed E-state index contributed by atoms with van der Waals surface area (Å²) in [6.45, 7) is 0.130. The van der Waals surface area contributed by atoms with Gasteiger partial charge in [-0.3, -0.25) is 14.5 Å². The zero-order valence-corrected chi connectivity index (χ0v) is 14.8. The maximum atomic E-state index is 13.1. The molecule has 0 N–H and O–H groups in total. The van der Waals surface area contributed by atoms with Crippen LogP contribution in [0.2, 0.25) is 0 Å². The highest BCUT2D eigenvalue weighted by Gasteiger charge is 2.47. The van der Waals surface area contributed by atoms with Gasteiger partial charge in [0.05, 0.1) is 18.2 Å². The molecule has 2 heterocycles. The Bertz CT molecular complexity index is 1060. The highest BCUT2D eigenvalue weighted by atomic mass is 16.5. The van der Waals surface area contributed by atoms with Crippen LogP contribution in [-0.4, -0.2) is 18.4 Å². The molecule has 0 aliphatic carbocycles. The number of hydrogen-bond donors (Lipinski definition) is 0. The molecule has 0 unspecified atom stereocenters. The zero-order chi connectivity index (χ0) is 19.7. The van der Waals surface area contributed by atoms with E-state index in [1.165, 1.54) is 4.90 Å². The summed E-state index contributed by atoms with van der Waals surface area (Å²) in [5.74, 6) is -1.30. The second kappa shape index (κ2) is 7.02. The SMILES string of the molecule is N#CC(C#N)=C1c2ccccc2OC[C@H]1[C@H]1CC(=O)N(c2ccccc2)C1=O. The standard InChI is InChI=1S/C22H15N3O3/c23-11-14(12-24)21-16-8-4-5-9-19(16)28-13-18(21)17-10-20(26)25(22(17)27)15-6-2-1-3-7-15/h1-9,17-18H,10,13H2/t17-,18+/m1/s1. The Labute approximate surface area is 161 Å². The van der Waals surface area contributed by atoms with Gasteiger partial charge in [0.2, 0.25) is 11.8 Å². The van der Waals surface area contributed by atoms with E-state index in [-0.39, 0.29) is 30.4 Å². The average molecular weight is 369 g/mol. The fourth-order valence-electron chi connectivity index (χ4n) is 3.88. The van der Waals surface area contributed by atoms with Crippen LogP contribution in [0.25, 0.3) is 5.57 Å². The van der Waals surface area contributed by atoms with E-state index in [1.807, 2.05) is 18.2 Å². The predicted octanol–water partition coefficient (Wildman–Crippen LogP) is 3.08. The Morgan fingerprint density at radius 3 is 2.36 bits per heavy atom. The van der Waals surface area contributed by atoms with Gasteiger partial charge in [0, 0.05) is 17.9 Å². The number of allylic oxidation sites excluding steroid dienone is 1. The largest absolute Gasteiger partial charge is 0.492 e. The molecule has 0 aromatic heterocycles. The third-order valence-electron chi connectivity index (χ3n) is 5.14. The quantitative estimate of drug-likeness (QED) is 0.599. The summed E-state index contributed by atoms with van der Waals surface area (Å²) in [4.78, 5) is 26.9. The van der Waals surface area contributed by atoms with Crippen molar-refractivity contribution in [3.8, 4) is 17.9 Å². The van der Waals surface area contributed by atoms with Crippen molar-refractivity contribution in [3.05, 3.63) is 65.7 Å². The molecule has 6 heteroatoms. The van der Waals surface area contributed by atoms with Gasteiger partial charge in [-0.1, -0.05) is 36.4 Å². The number of nitriles is 2. The third-order valence-corrected chi connectivity index (χ3v) is 5.14. The molecule has 2 aliphatic heterocycles. The molecule has 0 spiro atoms. The van der Waals surface area contributed by atoms with Crippen molar-refractivity contribution in [1.29, 1.82) is 10.5 Å².